The number of pyridine rings is 1. The van der Waals surface area contributed by atoms with E-state index < -0.39 is 0 Å². The summed E-state index contributed by atoms with van der Waals surface area (Å²) in [5.74, 6) is 1.70. The van der Waals surface area contributed by atoms with E-state index in [0.717, 1.165) is 5.56 Å². The molecule has 7 heteroatoms. The van der Waals surface area contributed by atoms with Crippen molar-refractivity contribution in [3.05, 3.63) is 77.4 Å². The summed E-state index contributed by atoms with van der Waals surface area (Å²) >= 11 is 6.02. The zero-order valence-corrected chi connectivity index (χ0v) is 16.1. The van der Waals surface area contributed by atoms with Gasteiger partial charge >= 0.3 is 6.03 Å². The third-order valence-electron chi connectivity index (χ3n) is 3.74. The van der Waals surface area contributed by atoms with Gasteiger partial charge in [0.1, 0.15) is 0 Å². The Morgan fingerprint density at radius 2 is 1.79 bits per heavy atom. The number of benzene rings is 2. The number of rotatable bonds is 7. The number of urea groups is 1. The first kappa shape index (κ1) is 19.5. The lowest BCUT2D eigenvalue weighted by atomic mass is 10.3. The van der Waals surface area contributed by atoms with Crippen LogP contribution in [0.3, 0.4) is 0 Å². The lowest BCUT2D eigenvalue weighted by Gasteiger charge is -2.11. The van der Waals surface area contributed by atoms with E-state index in [1.54, 1.807) is 36.5 Å². The maximum Gasteiger partial charge on any atom is 0.319 e. The second kappa shape index (κ2) is 9.62. The fourth-order valence-electron chi connectivity index (χ4n) is 2.41. The summed E-state index contributed by atoms with van der Waals surface area (Å²) in [5, 5.41) is 5.94. The number of para-hydroxylation sites is 3. The predicted octanol–water partition coefficient (Wildman–Crippen LogP) is 5.25. The summed E-state index contributed by atoms with van der Waals surface area (Å²) in [7, 11) is 0. The molecule has 1 aromatic heterocycles. The smallest absolute Gasteiger partial charge is 0.319 e. The number of amides is 2. The van der Waals surface area contributed by atoms with Crippen molar-refractivity contribution in [2.45, 2.75) is 13.5 Å². The highest BCUT2D eigenvalue weighted by molar-refractivity contribution is 6.33. The average molecular weight is 398 g/mol. The number of anilines is 1. The van der Waals surface area contributed by atoms with Crippen molar-refractivity contribution < 1.29 is 14.3 Å². The molecular weight excluding hydrogens is 378 g/mol. The summed E-state index contributed by atoms with van der Waals surface area (Å²) in [6.45, 7) is 2.78. The van der Waals surface area contributed by atoms with E-state index in [1.807, 2.05) is 37.3 Å². The molecule has 2 amide bonds. The molecule has 0 fully saturated rings. The monoisotopic (exact) mass is 397 g/mol. The second-order valence-corrected chi connectivity index (χ2v) is 6.18. The van der Waals surface area contributed by atoms with Gasteiger partial charge in [0.25, 0.3) is 0 Å². The molecule has 2 N–H and O–H groups in total. The normalized spacial score (nSPS) is 10.2. The minimum absolute atomic E-state index is 0.319. The maximum absolute atomic E-state index is 12.0. The quantitative estimate of drug-likeness (QED) is 0.571. The maximum atomic E-state index is 12.0. The lowest BCUT2D eigenvalue weighted by Crippen LogP contribution is -2.28. The summed E-state index contributed by atoms with van der Waals surface area (Å²) in [5.41, 5.74) is 1.39. The average Bonchev–Trinajstić information content (AvgIpc) is 2.71. The standard InChI is InChI=1S/C21H20ClN3O3/c1-2-27-18-9-5-6-10-19(18)28-20-12-11-15(13-23-20)14-24-21(26)25-17-8-4-3-7-16(17)22/h3-13H,2,14H2,1H3,(H2,24,25,26). The van der Waals surface area contributed by atoms with E-state index in [1.165, 1.54) is 0 Å². The molecule has 0 aliphatic rings. The molecule has 3 aromatic rings. The molecule has 0 aliphatic carbocycles. The Morgan fingerprint density at radius 3 is 2.50 bits per heavy atom. The van der Waals surface area contributed by atoms with E-state index in [-0.39, 0.29) is 6.03 Å². The van der Waals surface area contributed by atoms with Crippen LogP contribution < -0.4 is 20.1 Å². The summed E-state index contributed by atoms with van der Waals surface area (Å²) in [6, 6.07) is 17.7. The molecule has 0 saturated carbocycles. The molecule has 0 saturated heterocycles. The van der Waals surface area contributed by atoms with Crippen LogP contribution >= 0.6 is 11.6 Å². The van der Waals surface area contributed by atoms with Crippen LogP contribution in [0.5, 0.6) is 17.4 Å². The number of carbonyl (C=O) groups is 1. The molecule has 0 unspecified atom stereocenters. The van der Waals surface area contributed by atoms with Crippen molar-refractivity contribution in [2.75, 3.05) is 11.9 Å². The van der Waals surface area contributed by atoms with Crippen molar-refractivity contribution >= 4 is 23.3 Å². The number of nitrogens with one attached hydrogen (secondary N) is 2. The number of halogens is 1. The van der Waals surface area contributed by atoms with Crippen molar-refractivity contribution in [1.29, 1.82) is 0 Å². The Balaban J connectivity index is 1.55. The Hall–Kier alpha value is -3.25. The van der Waals surface area contributed by atoms with Gasteiger partial charge in [-0.1, -0.05) is 41.9 Å². The van der Waals surface area contributed by atoms with E-state index in [0.29, 0.717) is 41.2 Å². The number of hydrogen-bond acceptors (Lipinski definition) is 4. The van der Waals surface area contributed by atoms with Crippen LogP contribution in [-0.4, -0.2) is 17.6 Å². The summed E-state index contributed by atoms with van der Waals surface area (Å²) < 4.78 is 11.3. The minimum Gasteiger partial charge on any atom is -0.490 e. The van der Waals surface area contributed by atoms with E-state index in [4.69, 9.17) is 21.1 Å². The Morgan fingerprint density at radius 1 is 1.04 bits per heavy atom. The van der Waals surface area contributed by atoms with Crippen molar-refractivity contribution in [2.24, 2.45) is 0 Å². The molecule has 28 heavy (non-hydrogen) atoms. The molecule has 0 aliphatic heterocycles. The molecule has 144 valence electrons. The third-order valence-corrected chi connectivity index (χ3v) is 4.07. The van der Waals surface area contributed by atoms with Crippen LogP contribution in [0.25, 0.3) is 0 Å². The molecule has 3 rings (SSSR count). The highest BCUT2D eigenvalue weighted by Crippen LogP contribution is 2.30. The molecule has 2 aromatic carbocycles. The van der Waals surface area contributed by atoms with Gasteiger partial charge in [-0.2, -0.15) is 0 Å². The van der Waals surface area contributed by atoms with Crippen LogP contribution in [0.15, 0.2) is 66.9 Å². The van der Waals surface area contributed by atoms with Crippen LogP contribution in [-0.2, 0) is 6.54 Å². The van der Waals surface area contributed by atoms with Gasteiger partial charge in [-0.15, -0.1) is 0 Å². The Bertz CT molecular complexity index is 932. The third kappa shape index (κ3) is 5.37. The molecule has 1 heterocycles. The largest absolute Gasteiger partial charge is 0.490 e. The number of hydrogen-bond donors (Lipinski definition) is 2. The van der Waals surface area contributed by atoms with Gasteiger partial charge in [0.05, 0.1) is 17.3 Å². The minimum atomic E-state index is -0.348. The van der Waals surface area contributed by atoms with Gasteiger partial charge in [-0.05, 0) is 36.8 Å². The summed E-state index contributed by atoms with van der Waals surface area (Å²) in [4.78, 5) is 16.3. The van der Waals surface area contributed by atoms with Crippen molar-refractivity contribution in [1.82, 2.24) is 10.3 Å². The highest BCUT2D eigenvalue weighted by Gasteiger charge is 2.07. The van der Waals surface area contributed by atoms with Gasteiger partial charge in [-0.3, -0.25) is 0 Å². The van der Waals surface area contributed by atoms with Crippen molar-refractivity contribution in [3.63, 3.8) is 0 Å². The first-order valence-corrected chi connectivity index (χ1v) is 9.17. The predicted molar refractivity (Wildman–Crippen MR) is 109 cm³/mol. The zero-order valence-electron chi connectivity index (χ0n) is 15.3. The fraction of sp³-hybridized carbons (Fsp3) is 0.143. The van der Waals surface area contributed by atoms with Gasteiger partial charge in [0, 0.05) is 18.8 Å². The zero-order chi connectivity index (χ0) is 19.8. The topological polar surface area (TPSA) is 72.5 Å². The number of carbonyl (C=O) groups excluding carboxylic acids is 1. The van der Waals surface area contributed by atoms with E-state index >= 15 is 0 Å². The van der Waals surface area contributed by atoms with Crippen LogP contribution in [0.2, 0.25) is 5.02 Å². The van der Waals surface area contributed by atoms with Crippen LogP contribution in [0.1, 0.15) is 12.5 Å². The molecule has 0 bridgehead atoms. The molecule has 6 nitrogen and oxygen atoms in total. The Kier molecular flexibility index (Phi) is 6.70. The number of ether oxygens (including phenoxy) is 2. The van der Waals surface area contributed by atoms with Crippen LogP contribution in [0.4, 0.5) is 10.5 Å². The van der Waals surface area contributed by atoms with E-state index in [9.17, 15) is 4.79 Å². The highest BCUT2D eigenvalue weighted by atomic mass is 35.5. The Labute approximate surface area is 168 Å². The molecule has 0 spiro atoms. The van der Waals surface area contributed by atoms with Crippen molar-refractivity contribution in [3.8, 4) is 17.4 Å². The fourth-order valence-corrected chi connectivity index (χ4v) is 2.59. The van der Waals surface area contributed by atoms with Crippen LogP contribution in [0, 0.1) is 0 Å². The van der Waals surface area contributed by atoms with Gasteiger partial charge in [-0.25, -0.2) is 9.78 Å². The second-order valence-electron chi connectivity index (χ2n) is 5.77. The summed E-state index contributed by atoms with van der Waals surface area (Å²) in [6.07, 6.45) is 1.65. The van der Waals surface area contributed by atoms with Gasteiger partial charge in [0.15, 0.2) is 11.5 Å². The number of nitrogens with zero attached hydrogens (tertiary/aromatic N) is 1. The van der Waals surface area contributed by atoms with E-state index in [2.05, 4.69) is 15.6 Å². The molecular formula is C21H20ClN3O3. The molecule has 0 radical (unpaired) electrons. The molecule has 0 atom stereocenters. The van der Waals surface area contributed by atoms with Gasteiger partial charge < -0.3 is 20.1 Å². The SMILES string of the molecule is CCOc1ccccc1Oc1ccc(CNC(=O)Nc2ccccc2Cl)cn1. The van der Waals surface area contributed by atoms with Gasteiger partial charge in [0.2, 0.25) is 5.88 Å². The number of aromatic nitrogens is 1. The first-order valence-electron chi connectivity index (χ1n) is 8.79. The first-order chi connectivity index (χ1) is 13.7. The lowest BCUT2D eigenvalue weighted by molar-refractivity contribution is 0.251.